The van der Waals surface area contributed by atoms with E-state index in [-0.39, 0.29) is 164 Å². The number of hydrogen-bond acceptors (Lipinski definition) is 21. The molecule has 26 nitrogen and oxygen atoms in total. The second-order valence-corrected chi connectivity index (χ2v) is 21.7. The van der Waals surface area contributed by atoms with Crippen LogP contribution in [0.5, 0.6) is 5.75 Å². The molecule has 345 valence electrons. The number of aromatic nitrogens is 3. The average Bonchev–Trinajstić information content (AvgIpc) is 3.14. The maximum atomic E-state index is 12.6. The number of sulfone groups is 1. The van der Waals surface area contributed by atoms with E-state index in [2.05, 4.69) is 40.0 Å². The van der Waals surface area contributed by atoms with Gasteiger partial charge >= 0.3 is 10.4 Å². The summed E-state index contributed by atoms with van der Waals surface area (Å²) >= 11 is 6.11. The van der Waals surface area contributed by atoms with Crippen molar-refractivity contribution in [2.45, 2.75) is 24.5 Å². The summed E-state index contributed by atoms with van der Waals surface area (Å²) in [6.45, 7) is -0.887. The van der Waals surface area contributed by atoms with Crippen LogP contribution in [0.2, 0.25) is 5.28 Å². The van der Waals surface area contributed by atoms with Gasteiger partial charge in [-0.05, 0) is 71.6 Å². The molecular weight excluding hydrogens is 1120 g/mol. The van der Waals surface area contributed by atoms with Crippen molar-refractivity contribution in [3.63, 3.8) is 0 Å². The fourth-order valence-electron chi connectivity index (χ4n) is 5.79. The molecule has 0 aliphatic carbocycles. The minimum absolute atomic E-state index is 0. The molecule has 38 heteroatoms. The van der Waals surface area contributed by atoms with Gasteiger partial charge in [0.2, 0.25) is 17.2 Å². The maximum Gasteiger partial charge on any atom is 0.397 e. The third-order valence-electron chi connectivity index (χ3n) is 8.35. The van der Waals surface area contributed by atoms with Gasteiger partial charge in [-0.3, -0.25) is 22.8 Å². The summed E-state index contributed by atoms with van der Waals surface area (Å²) in [4.78, 5) is 7.42. The Morgan fingerprint density at radius 3 is 1.71 bits per heavy atom. The minimum Gasteiger partial charge on any atom is -0.505 e. The van der Waals surface area contributed by atoms with Gasteiger partial charge in [0, 0.05) is 170 Å². The molecule has 0 amide bonds. The SMILES string of the molecule is O=S(=O)(O)OCCS(=O)(=O)c1ccc(Nc2nc(Cl)nc(Nc3cc(S(=O)(=O)O)cc4cc(S(=O)(=O)O)c(N=Nc5ccc6c(S(=O)(=O)O)cccc6c5S(=O)(=O)O)c(O)c34)n2)cc1.[Na].[Na].[Na].[Na].[Na]. The number of nitrogens with zero attached hydrogens (tertiary/aromatic N) is 5. The molecule has 0 unspecified atom stereocenters. The predicted octanol–water partition coefficient (Wildman–Crippen LogP) is 2.12. The molecule has 5 aromatic carbocycles. The van der Waals surface area contributed by atoms with E-state index >= 15 is 0 Å². The van der Waals surface area contributed by atoms with E-state index < -0.39 is 148 Å². The maximum absolute atomic E-state index is 12.6. The van der Waals surface area contributed by atoms with E-state index in [1.54, 1.807) is 0 Å². The number of nitrogens with one attached hydrogen (secondary N) is 2. The number of phenols is 1. The third-order valence-corrected chi connectivity index (χ3v) is 14.2. The molecule has 0 fully saturated rings. The summed E-state index contributed by atoms with van der Waals surface area (Å²) in [5, 5.41) is 21.5. The van der Waals surface area contributed by atoms with Crippen LogP contribution >= 0.6 is 11.6 Å². The van der Waals surface area contributed by atoms with Crippen molar-refractivity contribution in [1.29, 1.82) is 0 Å². The monoisotopic (exact) mass is 1140 g/mol. The van der Waals surface area contributed by atoms with Crippen molar-refractivity contribution in [3.05, 3.63) is 78.1 Å². The van der Waals surface area contributed by atoms with Crippen molar-refractivity contribution >= 4 is 276 Å². The van der Waals surface area contributed by atoms with E-state index in [1.807, 2.05) is 0 Å². The fraction of sp³-hybridized carbons (Fsp3) is 0.0645. The van der Waals surface area contributed by atoms with Crippen LogP contribution in [0.4, 0.5) is 34.6 Å². The number of aromatic hydroxyl groups is 1. The first-order valence-corrected chi connectivity index (χ1v) is 25.7. The number of benzene rings is 5. The molecule has 0 atom stereocenters. The van der Waals surface area contributed by atoms with Crippen molar-refractivity contribution in [3.8, 4) is 5.75 Å². The van der Waals surface area contributed by atoms with Gasteiger partial charge in [0.25, 0.3) is 40.5 Å². The summed E-state index contributed by atoms with van der Waals surface area (Å²) in [6, 6.07) is 11.2. The molecule has 69 heavy (non-hydrogen) atoms. The van der Waals surface area contributed by atoms with Crippen LogP contribution in [-0.4, -0.2) is 253 Å². The van der Waals surface area contributed by atoms with E-state index in [0.717, 1.165) is 42.5 Å². The molecule has 0 spiro atoms. The Bertz CT molecular complexity index is 3680. The van der Waals surface area contributed by atoms with Crippen molar-refractivity contribution in [2.75, 3.05) is 23.0 Å². The van der Waals surface area contributed by atoms with E-state index in [1.165, 1.54) is 12.1 Å². The minimum atomic E-state index is -5.47. The van der Waals surface area contributed by atoms with Crippen LogP contribution < -0.4 is 10.6 Å². The number of halogens is 1. The quantitative estimate of drug-likeness (QED) is 0.0415. The Morgan fingerprint density at radius 1 is 0.594 bits per heavy atom. The second-order valence-electron chi connectivity index (χ2n) is 12.6. The van der Waals surface area contributed by atoms with Gasteiger partial charge in [-0.1, -0.05) is 18.2 Å². The molecule has 0 saturated heterocycles. The Morgan fingerprint density at radius 2 is 1.17 bits per heavy atom. The number of hydrogen-bond donors (Lipinski definition) is 8. The van der Waals surface area contributed by atoms with Gasteiger partial charge < -0.3 is 15.7 Å². The molecule has 0 aliphatic heterocycles. The predicted molar refractivity (Wildman–Crippen MR) is 249 cm³/mol. The molecule has 1 heterocycles. The van der Waals surface area contributed by atoms with Crippen molar-refractivity contribution in [1.82, 2.24) is 15.0 Å². The number of phenolic OH excluding ortho intramolecular Hbond substituents is 1. The van der Waals surface area contributed by atoms with Gasteiger partial charge in [-0.2, -0.15) is 57.0 Å². The first-order chi connectivity index (χ1) is 29.4. The second kappa shape index (κ2) is 25.3. The molecular formula is C31H24ClN7Na5O19S6. The summed E-state index contributed by atoms with van der Waals surface area (Å²) in [5.74, 6) is -2.96. The van der Waals surface area contributed by atoms with Gasteiger partial charge in [0.1, 0.15) is 26.1 Å². The van der Waals surface area contributed by atoms with Crippen LogP contribution in [0, 0.1) is 0 Å². The zero-order valence-corrected chi connectivity index (χ0v) is 51.6. The Kier molecular flexibility index (Phi) is 24.3. The summed E-state index contributed by atoms with van der Waals surface area (Å²) in [6.07, 6.45) is 0. The van der Waals surface area contributed by atoms with Crippen molar-refractivity contribution in [2.24, 2.45) is 10.2 Å². The molecule has 6 rings (SSSR count). The zero-order valence-electron chi connectivity index (χ0n) is 35.9. The Balaban J connectivity index is 0.00000476. The van der Waals surface area contributed by atoms with Crippen molar-refractivity contribution < 1.29 is 82.6 Å². The number of fused-ring (bicyclic) bond motifs is 2. The van der Waals surface area contributed by atoms with E-state index in [0.29, 0.717) is 18.2 Å². The molecule has 1 aromatic heterocycles. The van der Waals surface area contributed by atoms with Gasteiger partial charge in [0.05, 0.1) is 27.8 Å². The summed E-state index contributed by atoms with van der Waals surface area (Å²) in [7, 11) is -29.9. The summed E-state index contributed by atoms with van der Waals surface area (Å²) < 4.78 is 198. The molecule has 0 saturated carbocycles. The average molecular weight is 1140 g/mol. The fourth-order valence-corrected chi connectivity index (χ4v) is 10.2. The van der Waals surface area contributed by atoms with Gasteiger partial charge in [-0.15, -0.1) is 10.2 Å². The smallest absolute Gasteiger partial charge is 0.397 e. The van der Waals surface area contributed by atoms with Gasteiger partial charge in [0.15, 0.2) is 15.6 Å². The van der Waals surface area contributed by atoms with Crippen LogP contribution in [0.1, 0.15) is 0 Å². The number of azo groups is 1. The van der Waals surface area contributed by atoms with Crippen LogP contribution in [0.3, 0.4) is 0 Å². The normalized spacial score (nSPS) is 12.2. The number of anilines is 4. The first-order valence-electron chi connectivity index (χ1n) is 16.5. The van der Waals surface area contributed by atoms with Gasteiger partial charge in [-0.25, -0.2) is 12.6 Å². The topological polar surface area (TPSA) is 423 Å². The van der Waals surface area contributed by atoms with Crippen LogP contribution in [0.15, 0.2) is 108 Å². The number of rotatable bonds is 15. The standard InChI is InChI=1S/C31H24ClN7O19S6.5Na/c32-29-35-30(33-16-4-6-17(7-5-16)59(41,42)11-10-58-64(55,56)57)37-31(36-29)34-22-14-18(60(43,44)45)12-15-13-24(62(49,50)51)26(27(40)25(15)22)39-38-21-9-8-19-20(28(21)63(52,53)54)2-1-3-23(19)61(46,47)48;;;;;/h1-9,12-14,40H,10-11H2,(H,43,44,45)(H,46,47,48)(H,49,50,51)(H,52,53,54)(H,55,56,57)(H2,33,34,35,36,37);;;;;. The molecule has 0 aliphatic rings. The Labute approximate surface area is 507 Å². The van der Waals surface area contributed by atoms with E-state index in [4.69, 9.17) is 16.2 Å². The zero-order chi connectivity index (χ0) is 47.4. The third kappa shape index (κ3) is 16.7. The largest absolute Gasteiger partial charge is 0.505 e. The van der Waals surface area contributed by atoms with Crippen LogP contribution in [-0.2, 0) is 64.9 Å². The molecule has 0 bridgehead atoms. The first kappa shape index (κ1) is 66.4. The van der Waals surface area contributed by atoms with E-state index in [9.17, 15) is 73.8 Å². The summed E-state index contributed by atoms with van der Waals surface area (Å²) in [5.41, 5.74) is -2.38. The Hall–Kier alpha value is -0.620. The molecule has 8 N–H and O–H groups in total. The van der Waals surface area contributed by atoms with Crippen LogP contribution in [0.25, 0.3) is 21.5 Å². The molecule has 5 radical (unpaired) electrons. The molecule has 6 aromatic rings.